The maximum Gasteiger partial charge on any atom is 0.416 e. The predicted molar refractivity (Wildman–Crippen MR) is 120 cm³/mol. The molecule has 0 atom stereocenters. The molecule has 0 saturated heterocycles. The molecule has 0 saturated carbocycles. The van der Waals surface area contributed by atoms with Crippen LogP contribution in [0.3, 0.4) is 0 Å². The van der Waals surface area contributed by atoms with E-state index in [4.69, 9.17) is 4.74 Å². The summed E-state index contributed by atoms with van der Waals surface area (Å²) in [4.78, 5) is 12.5. The topological polar surface area (TPSA) is 56.2 Å². The smallest absolute Gasteiger partial charge is 0.416 e. The van der Waals surface area contributed by atoms with Gasteiger partial charge in [-0.2, -0.15) is 18.3 Å². The first-order valence-corrected chi connectivity index (χ1v) is 10.3. The molecule has 1 amide bonds. The van der Waals surface area contributed by atoms with Gasteiger partial charge in [0.1, 0.15) is 5.75 Å². The molecular weight excluding hydrogens is 431 g/mol. The monoisotopic (exact) mass is 453 g/mol. The van der Waals surface area contributed by atoms with E-state index in [1.165, 1.54) is 6.07 Å². The Labute approximate surface area is 188 Å². The molecule has 0 aliphatic carbocycles. The molecule has 0 unspecified atom stereocenters. The molecule has 0 fully saturated rings. The molecule has 3 aromatic carbocycles. The summed E-state index contributed by atoms with van der Waals surface area (Å²) in [5, 5.41) is 9.27. The Hall–Kier alpha value is -3.81. The molecular formula is C25H22F3N3O2. The summed E-state index contributed by atoms with van der Waals surface area (Å²) in [5.41, 5.74) is 1.49. The normalized spacial score (nSPS) is 11.5. The predicted octanol–water partition coefficient (Wildman–Crippen LogP) is 5.74. The highest BCUT2D eigenvalue weighted by Gasteiger charge is 2.30. The van der Waals surface area contributed by atoms with Crippen LogP contribution < -0.4 is 10.1 Å². The van der Waals surface area contributed by atoms with Crippen molar-refractivity contribution in [3.8, 4) is 5.75 Å². The second-order valence-electron chi connectivity index (χ2n) is 7.75. The van der Waals surface area contributed by atoms with E-state index in [1.54, 1.807) is 30.7 Å². The summed E-state index contributed by atoms with van der Waals surface area (Å²) >= 11 is 0. The zero-order valence-corrected chi connectivity index (χ0v) is 18.1. The van der Waals surface area contributed by atoms with Crippen LogP contribution in [0.5, 0.6) is 5.75 Å². The van der Waals surface area contributed by atoms with Gasteiger partial charge in [-0.25, -0.2) is 0 Å². The third-order valence-electron chi connectivity index (χ3n) is 5.32. The molecule has 0 aliphatic heterocycles. The van der Waals surface area contributed by atoms with Gasteiger partial charge < -0.3 is 10.1 Å². The first-order chi connectivity index (χ1) is 15.7. The minimum absolute atomic E-state index is 0.153. The van der Waals surface area contributed by atoms with Crippen molar-refractivity contribution in [2.75, 3.05) is 11.9 Å². The van der Waals surface area contributed by atoms with Gasteiger partial charge in [0, 0.05) is 0 Å². The highest BCUT2D eigenvalue weighted by molar-refractivity contribution is 5.93. The Bertz CT molecular complexity index is 1310. The van der Waals surface area contributed by atoms with Crippen molar-refractivity contribution in [1.29, 1.82) is 0 Å². The van der Waals surface area contributed by atoms with Crippen LogP contribution in [0.1, 0.15) is 22.5 Å². The average molecular weight is 453 g/mol. The SMILES string of the molecule is Cc1nn(Cc2cccc(C(F)(F)F)c2)c(C)c1NC(=O)COc1ccc2ccccc2c1. The van der Waals surface area contributed by atoms with Crippen molar-refractivity contribution >= 4 is 22.4 Å². The number of rotatable bonds is 6. The highest BCUT2D eigenvalue weighted by atomic mass is 19.4. The van der Waals surface area contributed by atoms with E-state index in [9.17, 15) is 18.0 Å². The Morgan fingerprint density at radius 3 is 2.52 bits per heavy atom. The van der Waals surface area contributed by atoms with Crippen molar-refractivity contribution < 1.29 is 22.7 Å². The molecule has 4 aromatic rings. The lowest BCUT2D eigenvalue weighted by Crippen LogP contribution is -2.21. The van der Waals surface area contributed by atoms with Gasteiger partial charge in [-0.05, 0) is 54.4 Å². The molecule has 33 heavy (non-hydrogen) atoms. The Balaban J connectivity index is 1.42. The van der Waals surface area contributed by atoms with Gasteiger partial charge in [-0.3, -0.25) is 9.48 Å². The summed E-state index contributed by atoms with van der Waals surface area (Å²) in [6.45, 7) is 3.46. The molecule has 4 rings (SSSR count). The zero-order valence-electron chi connectivity index (χ0n) is 18.1. The van der Waals surface area contributed by atoms with Crippen molar-refractivity contribution in [1.82, 2.24) is 9.78 Å². The number of fused-ring (bicyclic) bond motifs is 1. The molecule has 1 aromatic heterocycles. The zero-order chi connectivity index (χ0) is 23.6. The maximum absolute atomic E-state index is 13.0. The number of nitrogens with one attached hydrogen (secondary N) is 1. The number of nitrogens with zero attached hydrogens (tertiary/aromatic N) is 2. The molecule has 1 N–H and O–H groups in total. The molecule has 0 aliphatic rings. The quantitative estimate of drug-likeness (QED) is 0.405. The third kappa shape index (κ3) is 5.16. The molecule has 0 radical (unpaired) electrons. The van der Waals surface area contributed by atoms with E-state index in [1.807, 2.05) is 36.4 Å². The first-order valence-electron chi connectivity index (χ1n) is 10.3. The van der Waals surface area contributed by atoms with Gasteiger partial charge in [0.05, 0.1) is 29.2 Å². The second kappa shape index (κ2) is 8.97. The molecule has 8 heteroatoms. The number of aromatic nitrogens is 2. The molecule has 1 heterocycles. The summed E-state index contributed by atoms with van der Waals surface area (Å²) < 4.78 is 46.2. The number of carbonyl (C=O) groups excluding carboxylic acids is 1. The fraction of sp³-hybridized carbons (Fsp3) is 0.200. The molecule has 0 spiro atoms. The van der Waals surface area contributed by atoms with E-state index in [-0.39, 0.29) is 19.1 Å². The molecule has 170 valence electrons. The number of aryl methyl sites for hydroxylation is 1. The summed E-state index contributed by atoms with van der Waals surface area (Å²) in [6.07, 6.45) is -4.41. The number of alkyl halides is 3. The Kier molecular flexibility index (Phi) is 6.09. The lowest BCUT2D eigenvalue weighted by atomic mass is 10.1. The van der Waals surface area contributed by atoms with Crippen molar-refractivity contribution in [3.63, 3.8) is 0 Å². The Morgan fingerprint density at radius 1 is 1.00 bits per heavy atom. The fourth-order valence-electron chi connectivity index (χ4n) is 3.63. The standard InChI is InChI=1S/C25H22F3N3O2/c1-16-24(17(2)31(30-16)14-18-6-5-9-21(12-18)25(26,27)28)29-23(32)15-33-22-11-10-19-7-3-4-8-20(19)13-22/h3-13H,14-15H2,1-2H3,(H,29,32). The highest BCUT2D eigenvalue weighted by Crippen LogP contribution is 2.30. The van der Waals surface area contributed by atoms with Gasteiger partial charge in [0.15, 0.2) is 6.61 Å². The van der Waals surface area contributed by atoms with Gasteiger partial charge in [-0.15, -0.1) is 0 Å². The number of halogens is 3. The first kappa shape index (κ1) is 22.4. The van der Waals surface area contributed by atoms with Gasteiger partial charge in [-0.1, -0.05) is 42.5 Å². The van der Waals surface area contributed by atoms with Crippen LogP contribution in [-0.2, 0) is 17.5 Å². The van der Waals surface area contributed by atoms with Crippen LogP contribution in [0.2, 0.25) is 0 Å². The number of hydrogen-bond acceptors (Lipinski definition) is 3. The lowest BCUT2D eigenvalue weighted by molar-refractivity contribution is -0.137. The largest absolute Gasteiger partial charge is 0.484 e. The van der Waals surface area contributed by atoms with Gasteiger partial charge in [0.2, 0.25) is 0 Å². The second-order valence-corrected chi connectivity index (χ2v) is 7.75. The Morgan fingerprint density at radius 2 is 1.76 bits per heavy atom. The van der Waals surface area contributed by atoms with Gasteiger partial charge in [0.25, 0.3) is 5.91 Å². The van der Waals surface area contributed by atoms with Gasteiger partial charge >= 0.3 is 6.18 Å². The van der Waals surface area contributed by atoms with Crippen LogP contribution >= 0.6 is 0 Å². The van der Waals surface area contributed by atoms with Crippen molar-refractivity contribution in [2.24, 2.45) is 0 Å². The average Bonchev–Trinajstić information content (AvgIpc) is 3.04. The van der Waals surface area contributed by atoms with Crippen LogP contribution in [0.25, 0.3) is 10.8 Å². The van der Waals surface area contributed by atoms with Crippen LogP contribution in [-0.4, -0.2) is 22.3 Å². The maximum atomic E-state index is 13.0. The minimum atomic E-state index is -4.41. The lowest BCUT2D eigenvalue weighted by Gasteiger charge is -2.11. The minimum Gasteiger partial charge on any atom is -0.484 e. The number of ether oxygens (including phenoxy) is 1. The van der Waals surface area contributed by atoms with E-state index in [0.717, 1.165) is 22.9 Å². The summed E-state index contributed by atoms with van der Waals surface area (Å²) in [6, 6.07) is 18.6. The van der Waals surface area contributed by atoms with E-state index < -0.39 is 11.7 Å². The number of amides is 1. The number of carbonyl (C=O) groups is 1. The third-order valence-corrected chi connectivity index (χ3v) is 5.32. The van der Waals surface area contributed by atoms with Crippen molar-refractivity contribution in [2.45, 2.75) is 26.6 Å². The summed E-state index contributed by atoms with van der Waals surface area (Å²) in [5.74, 6) is 0.227. The van der Waals surface area contributed by atoms with Crippen LogP contribution in [0.15, 0.2) is 66.7 Å². The summed E-state index contributed by atoms with van der Waals surface area (Å²) in [7, 11) is 0. The van der Waals surface area contributed by atoms with Crippen molar-refractivity contribution in [3.05, 3.63) is 89.2 Å². The number of benzene rings is 3. The van der Waals surface area contributed by atoms with Crippen LogP contribution in [0.4, 0.5) is 18.9 Å². The fourth-order valence-corrected chi connectivity index (χ4v) is 3.63. The number of hydrogen-bond donors (Lipinski definition) is 1. The van der Waals surface area contributed by atoms with E-state index >= 15 is 0 Å². The molecule has 5 nitrogen and oxygen atoms in total. The molecule has 0 bridgehead atoms. The van der Waals surface area contributed by atoms with E-state index in [2.05, 4.69) is 10.4 Å². The number of anilines is 1. The van der Waals surface area contributed by atoms with E-state index in [0.29, 0.717) is 28.4 Å². The van der Waals surface area contributed by atoms with Crippen LogP contribution in [0, 0.1) is 13.8 Å².